The highest BCUT2D eigenvalue weighted by Gasteiger charge is 2.37. The Labute approximate surface area is 186 Å². The van der Waals surface area contributed by atoms with Gasteiger partial charge in [-0.15, -0.1) is 0 Å². The highest BCUT2D eigenvalue weighted by atomic mass is 16.4. The Hall–Kier alpha value is -1.03. The van der Waals surface area contributed by atoms with Crippen molar-refractivity contribution in [2.75, 3.05) is 6.54 Å². The Morgan fingerprint density at radius 2 is 1.65 bits per heavy atom. The topological polar surface area (TPSA) is 142 Å². The predicted molar refractivity (Wildman–Crippen MR) is 120 cm³/mol. The van der Waals surface area contributed by atoms with Gasteiger partial charge in [-0.05, 0) is 23.7 Å². The van der Waals surface area contributed by atoms with Crippen LogP contribution in [0.5, 0.6) is 0 Å². The quantitative estimate of drug-likeness (QED) is 0.229. The van der Waals surface area contributed by atoms with E-state index >= 15 is 0 Å². The molecule has 1 amide bonds. The van der Waals surface area contributed by atoms with E-state index in [0.717, 1.165) is 6.42 Å². The molecule has 0 spiro atoms. The molecule has 0 aromatic carbocycles. The van der Waals surface area contributed by atoms with Crippen LogP contribution in [0.25, 0.3) is 0 Å². The van der Waals surface area contributed by atoms with Gasteiger partial charge in [-0.2, -0.15) is 0 Å². The Kier molecular flexibility index (Phi) is 10.6. The van der Waals surface area contributed by atoms with Crippen LogP contribution in [-0.2, 0) is 4.79 Å². The van der Waals surface area contributed by atoms with E-state index in [4.69, 9.17) is 0 Å². The molecule has 182 valence electrons. The van der Waals surface area contributed by atoms with Crippen LogP contribution in [0.1, 0.15) is 67.2 Å². The molecule has 31 heavy (non-hydrogen) atoms. The Morgan fingerprint density at radius 1 is 1.03 bits per heavy atom. The molecule has 0 radical (unpaired) electrons. The third kappa shape index (κ3) is 9.16. The number of rotatable bonds is 11. The molecule has 7 N–H and O–H groups in total. The minimum atomic E-state index is -1.32. The average Bonchev–Trinajstić information content (AvgIpc) is 2.62. The van der Waals surface area contributed by atoms with Crippen LogP contribution in [0.4, 0.5) is 0 Å². The first-order chi connectivity index (χ1) is 14.2. The number of hydrogen-bond acceptors (Lipinski definition) is 7. The summed E-state index contributed by atoms with van der Waals surface area (Å²) in [6.45, 7) is 12.2. The Bertz CT molecular complexity index is 589. The average molecular weight is 445 g/mol. The zero-order chi connectivity index (χ0) is 24.0. The van der Waals surface area contributed by atoms with Crippen molar-refractivity contribution in [2.24, 2.45) is 10.8 Å². The minimum absolute atomic E-state index is 0.0145. The molecule has 7 atom stereocenters. The van der Waals surface area contributed by atoms with E-state index in [-0.39, 0.29) is 24.3 Å². The van der Waals surface area contributed by atoms with Crippen LogP contribution < -0.4 is 10.6 Å². The molecule has 0 saturated carbocycles. The first-order valence-electron chi connectivity index (χ1n) is 11.3. The lowest BCUT2D eigenvalue weighted by Gasteiger charge is -2.38. The van der Waals surface area contributed by atoms with E-state index in [9.17, 15) is 30.3 Å². The number of nitrogens with one attached hydrogen (secondary N) is 2. The van der Waals surface area contributed by atoms with Crippen molar-refractivity contribution >= 4 is 5.91 Å². The predicted octanol–water partition coefficient (Wildman–Crippen LogP) is 0.456. The lowest BCUT2D eigenvalue weighted by atomic mass is 9.71. The van der Waals surface area contributed by atoms with Crippen molar-refractivity contribution in [1.82, 2.24) is 10.6 Å². The fourth-order valence-electron chi connectivity index (χ4n) is 4.31. The number of hydrogen-bond donors (Lipinski definition) is 7. The van der Waals surface area contributed by atoms with Crippen LogP contribution in [0.2, 0.25) is 0 Å². The fourth-order valence-corrected chi connectivity index (χ4v) is 4.31. The third-order valence-corrected chi connectivity index (χ3v) is 5.80. The van der Waals surface area contributed by atoms with Gasteiger partial charge in [-0.1, -0.05) is 53.7 Å². The zero-order valence-electron chi connectivity index (χ0n) is 19.9. The largest absolute Gasteiger partial charge is 0.392 e. The number of carbonyl (C=O) groups excluding carboxylic acids is 1. The molecule has 0 aromatic rings. The summed E-state index contributed by atoms with van der Waals surface area (Å²) in [5.74, 6) is -0.202. The van der Waals surface area contributed by atoms with E-state index in [1.807, 2.05) is 20.8 Å². The van der Waals surface area contributed by atoms with Gasteiger partial charge in [0.25, 0.3) is 0 Å². The molecular weight excluding hydrogens is 400 g/mol. The van der Waals surface area contributed by atoms with Crippen LogP contribution >= 0.6 is 0 Å². The van der Waals surface area contributed by atoms with Gasteiger partial charge in [0.15, 0.2) is 0 Å². The lowest BCUT2D eigenvalue weighted by molar-refractivity contribution is -0.123. The smallest absolute Gasteiger partial charge is 0.220 e. The van der Waals surface area contributed by atoms with Gasteiger partial charge < -0.3 is 36.2 Å². The summed E-state index contributed by atoms with van der Waals surface area (Å²) in [7, 11) is 0. The maximum Gasteiger partial charge on any atom is 0.220 e. The molecule has 1 aliphatic carbocycles. The van der Waals surface area contributed by atoms with Gasteiger partial charge >= 0.3 is 0 Å². The van der Waals surface area contributed by atoms with Crippen molar-refractivity contribution in [2.45, 2.75) is 110 Å². The summed E-state index contributed by atoms with van der Waals surface area (Å²) in [6.07, 6.45) is -0.678. The molecule has 8 nitrogen and oxygen atoms in total. The van der Waals surface area contributed by atoms with Gasteiger partial charge in [-0.25, -0.2) is 0 Å². The normalized spacial score (nSPS) is 27.6. The summed E-state index contributed by atoms with van der Waals surface area (Å²) in [6, 6.07) is -1.33. The molecule has 0 fully saturated rings. The highest BCUT2D eigenvalue weighted by molar-refractivity contribution is 5.76. The third-order valence-electron chi connectivity index (χ3n) is 5.80. The van der Waals surface area contributed by atoms with Gasteiger partial charge in [-0.3, -0.25) is 4.79 Å². The summed E-state index contributed by atoms with van der Waals surface area (Å²) < 4.78 is 0. The molecular formula is C23H44N2O6. The van der Waals surface area contributed by atoms with Crippen molar-refractivity contribution in [3.8, 4) is 0 Å². The van der Waals surface area contributed by atoms with E-state index in [1.165, 1.54) is 6.08 Å². The minimum Gasteiger partial charge on any atom is -0.392 e. The van der Waals surface area contributed by atoms with Crippen LogP contribution in [-0.4, -0.2) is 80.6 Å². The van der Waals surface area contributed by atoms with Gasteiger partial charge in [0.1, 0.15) is 18.3 Å². The first-order valence-corrected chi connectivity index (χ1v) is 11.3. The number of amides is 1. The van der Waals surface area contributed by atoms with E-state index in [2.05, 4.69) is 31.4 Å². The zero-order valence-corrected chi connectivity index (χ0v) is 19.9. The lowest BCUT2D eigenvalue weighted by Crippen LogP contribution is -2.57. The van der Waals surface area contributed by atoms with E-state index in [0.29, 0.717) is 12.8 Å². The number of aliphatic hydroxyl groups excluding tert-OH is 5. The molecule has 0 aliphatic heterocycles. The van der Waals surface area contributed by atoms with Crippen molar-refractivity contribution in [1.29, 1.82) is 0 Å². The standard InChI is InChI=1S/C23H44N2O6/c1-7-8-19(29)25-15(12-24-14-9-10-16(26)21(31)20(14)30)17(27)11-18(28)23(5,6)13-22(2,3)4/h9-10,14-18,20-21,24,26-28,30-31H,7-8,11-13H2,1-6H3,(H,25,29). The second-order valence-electron chi connectivity index (χ2n) is 10.8. The Morgan fingerprint density at radius 3 is 2.19 bits per heavy atom. The summed E-state index contributed by atoms with van der Waals surface area (Å²) in [5.41, 5.74) is -0.409. The van der Waals surface area contributed by atoms with Gasteiger partial charge in [0.05, 0.1) is 24.3 Å². The van der Waals surface area contributed by atoms with Crippen molar-refractivity contribution < 1.29 is 30.3 Å². The highest BCUT2D eigenvalue weighted by Crippen LogP contribution is 2.37. The SMILES string of the molecule is CCCC(=O)NC(CNC1C=CC(O)C(O)C1O)C(O)CC(O)C(C)(C)CC(C)(C)C. The maximum atomic E-state index is 12.2. The molecule has 1 rings (SSSR count). The van der Waals surface area contributed by atoms with Gasteiger partial charge in [0, 0.05) is 19.4 Å². The second-order valence-corrected chi connectivity index (χ2v) is 10.8. The molecule has 0 bridgehead atoms. The van der Waals surface area contributed by atoms with Crippen LogP contribution in [0, 0.1) is 10.8 Å². The van der Waals surface area contributed by atoms with Crippen LogP contribution in [0.15, 0.2) is 12.2 Å². The number of aliphatic hydroxyl groups is 5. The number of carbonyl (C=O) groups is 1. The van der Waals surface area contributed by atoms with Crippen LogP contribution in [0.3, 0.4) is 0 Å². The second kappa shape index (κ2) is 11.7. The first kappa shape index (κ1) is 28.0. The maximum absolute atomic E-state index is 12.2. The molecule has 0 aromatic heterocycles. The van der Waals surface area contributed by atoms with Gasteiger partial charge in [0.2, 0.25) is 5.91 Å². The molecule has 1 aliphatic rings. The fraction of sp³-hybridized carbons (Fsp3) is 0.870. The Balaban J connectivity index is 2.84. The van der Waals surface area contributed by atoms with E-state index in [1.54, 1.807) is 6.08 Å². The summed E-state index contributed by atoms with van der Waals surface area (Å²) >= 11 is 0. The summed E-state index contributed by atoms with van der Waals surface area (Å²) in [4.78, 5) is 12.2. The summed E-state index contributed by atoms with van der Waals surface area (Å²) in [5, 5.41) is 57.2. The molecule has 8 heteroatoms. The van der Waals surface area contributed by atoms with Crippen molar-refractivity contribution in [3.05, 3.63) is 12.2 Å². The van der Waals surface area contributed by atoms with E-state index < -0.39 is 48.0 Å². The molecule has 0 saturated heterocycles. The monoisotopic (exact) mass is 444 g/mol. The molecule has 0 heterocycles. The molecule has 7 unspecified atom stereocenters. The van der Waals surface area contributed by atoms with Crippen molar-refractivity contribution in [3.63, 3.8) is 0 Å².